The fourth-order valence-corrected chi connectivity index (χ4v) is 3.63. The van der Waals surface area contributed by atoms with Crippen molar-refractivity contribution in [2.75, 3.05) is 20.8 Å². The molecule has 1 aliphatic heterocycles. The van der Waals surface area contributed by atoms with Gasteiger partial charge in [0.05, 0.1) is 36.4 Å². The Bertz CT molecular complexity index is 983. The third kappa shape index (κ3) is 4.11. The molecule has 0 radical (unpaired) electrons. The van der Waals surface area contributed by atoms with Crippen molar-refractivity contribution in [1.82, 2.24) is 10.5 Å². The minimum absolute atomic E-state index is 0.129. The lowest BCUT2D eigenvalue weighted by Gasteiger charge is -2.32. The molecule has 1 aromatic carbocycles. The van der Waals surface area contributed by atoms with Crippen LogP contribution in [-0.2, 0) is 9.31 Å². The summed E-state index contributed by atoms with van der Waals surface area (Å²) >= 11 is 0. The number of aromatic nitrogens is 1. The van der Waals surface area contributed by atoms with Crippen molar-refractivity contribution in [3.8, 4) is 22.8 Å². The third-order valence-corrected chi connectivity index (χ3v) is 6.19. The Labute approximate surface area is 190 Å². The average Bonchev–Trinajstić information content (AvgIpc) is 3.25. The maximum absolute atomic E-state index is 12.8. The summed E-state index contributed by atoms with van der Waals surface area (Å²) in [5.41, 5.74) is 0.983. The van der Waals surface area contributed by atoms with Gasteiger partial charge in [-0.2, -0.15) is 0 Å². The van der Waals surface area contributed by atoms with Crippen LogP contribution in [0.4, 0.5) is 0 Å². The number of ether oxygens (including phenoxy) is 2. The predicted molar refractivity (Wildman–Crippen MR) is 123 cm³/mol. The summed E-state index contributed by atoms with van der Waals surface area (Å²) < 4.78 is 29.5. The van der Waals surface area contributed by atoms with Gasteiger partial charge < -0.3 is 28.6 Å². The molecule has 0 atom stereocenters. The third-order valence-electron chi connectivity index (χ3n) is 6.19. The summed E-state index contributed by atoms with van der Waals surface area (Å²) in [5, 5.41) is 6.89. The summed E-state index contributed by atoms with van der Waals surface area (Å²) in [6.07, 6.45) is 0. The van der Waals surface area contributed by atoms with Crippen LogP contribution < -0.4 is 20.3 Å². The van der Waals surface area contributed by atoms with Gasteiger partial charge in [-0.1, -0.05) is 19.0 Å². The van der Waals surface area contributed by atoms with Crippen molar-refractivity contribution in [2.24, 2.45) is 0 Å². The van der Waals surface area contributed by atoms with E-state index in [2.05, 4.69) is 24.3 Å². The first-order valence-electron chi connectivity index (χ1n) is 10.9. The Kier molecular flexibility index (Phi) is 6.63. The van der Waals surface area contributed by atoms with Crippen LogP contribution in [0, 0.1) is 0 Å². The molecule has 2 aromatic rings. The molecule has 2 heterocycles. The Hall–Kier alpha value is -2.52. The Morgan fingerprint density at radius 3 is 2.19 bits per heavy atom. The minimum atomic E-state index is -0.840. The molecule has 1 aromatic heterocycles. The summed E-state index contributed by atoms with van der Waals surface area (Å²) in [7, 11) is 2.36. The Balaban J connectivity index is 2.25. The lowest BCUT2D eigenvalue weighted by atomic mass is 9.75. The van der Waals surface area contributed by atoms with E-state index in [0.29, 0.717) is 34.8 Å². The van der Waals surface area contributed by atoms with Crippen molar-refractivity contribution in [1.29, 1.82) is 0 Å². The molecule has 1 fully saturated rings. The number of nitrogens with zero attached hydrogens (tertiary/aromatic N) is 1. The molecule has 0 bridgehead atoms. The molecule has 0 unspecified atom stereocenters. The highest BCUT2D eigenvalue weighted by Crippen LogP contribution is 2.41. The zero-order valence-electron chi connectivity index (χ0n) is 20.4. The van der Waals surface area contributed by atoms with Gasteiger partial charge in [0.2, 0.25) is 0 Å². The molecule has 9 heteroatoms. The van der Waals surface area contributed by atoms with Crippen LogP contribution in [-0.4, -0.2) is 50.1 Å². The van der Waals surface area contributed by atoms with Gasteiger partial charge in [0.1, 0.15) is 11.5 Å². The standard InChI is InChI=1S/C23H33BN2O6/c1-10-25-21(27)19-18(24-31-22(4,5)23(6,7)32-24)20(30-26-19)15-11-14(13(2)3)16(28-8)12-17(15)29-9/h11-13H,10H2,1-9H3,(H,25,27). The number of hydrogen-bond acceptors (Lipinski definition) is 7. The number of amides is 1. The van der Waals surface area contributed by atoms with Crippen LogP contribution in [0.3, 0.4) is 0 Å². The van der Waals surface area contributed by atoms with Crippen molar-refractivity contribution < 1.29 is 28.1 Å². The van der Waals surface area contributed by atoms with E-state index in [1.807, 2.05) is 46.8 Å². The second-order valence-electron chi connectivity index (χ2n) is 9.17. The zero-order chi connectivity index (χ0) is 23.8. The van der Waals surface area contributed by atoms with Crippen LogP contribution in [0.5, 0.6) is 11.5 Å². The van der Waals surface area contributed by atoms with Gasteiger partial charge in [0.15, 0.2) is 11.5 Å². The van der Waals surface area contributed by atoms with E-state index < -0.39 is 18.3 Å². The monoisotopic (exact) mass is 444 g/mol. The van der Waals surface area contributed by atoms with Crippen LogP contribution in [0.15, 0.2) is 16.7 Å². The van der Waals surface area contributed by atoms with E-state index in [4.69, 9.17) is 23.3 Å². The molecule has 3 rings (SSSR count). The normalized spacial score (nSPS) is 17.0. The number of benzene rings is 1. The average molecular weight is 444 g/mol. The second kappa shape index (κ2) is 8.79. The lowest BCUT2D eigenvalue weighted by Crippen LogP contribution is -2.41. The number of carbonyl (C=O) groups excluding carboxylic acids is 1. The fraction of sp³-hybridized carbons (Fsp3) is 0.565. The molecule has 1 saturated heterocycles. The molecular formula is C23H33BN2O6. The first kappa shape index (κ1) is 24.1. The SMILES string of the molecule is CCNC(=O)c1noc(-c2cc(C(C)C)c(OC)cc2OC)c1B1OC(C)(C)C(C)(C)O1. The highest BCUT2D eigenvalue weighted by molar-refractivity contribution is 6.65. The van der Waals surface area contributed by atoms with Gasteiger partial charge in [-0.25, -0.2) is 0 Å². The van der Waals surface area contributed by atoms with Gasteiger partial charge >= 0.3 is 7.12 Å². The van der Waals surface area contributed by atoms with Crippen LogP contribution >= 0.6 is 0 Å². The Morgan fingerprint density at radius 2 is 1.69 bits per heavy atom. The number of hydrogen-bond donors (Lipinski definition) is 1. The maximum Gasteiger partial charge on any atom is 0.501 e. The van der Waals surface area contributed by atoms with E-state index >= 15 is 0 Å². The largest absolute Gasteiger partial charge is 0.501 e. The predicted octanol–water partition coefficient (Wildman–Crippen LogP) is 3.53. The van der Waals surface area contributed by atoms with E-state index in [-0.39, 0.29) is 17.5 Å². The molecule has 0 saturated carbocycles. The quantitative estimate of drug-likeness (QED) is 0.654. The first-order chi connectivity index (χ1) is 15.0. The van der Waals surface area contributed by atoms with Gasteiger partial charge in [-0.3, -0.25) is 4.79 Å². The summed E-state index contributed by atoms with van der Waals surface area (Å²) in [6, 6.07) is 3.76. The fourth-order valence-electron chi connectivity index (χ4n) is 3.63. The number of nitrogens with one attached hydrogen (secondary N) is 1. The van der Waals surface area contributed by atoms with Crippen LogP contribution in [0.2, 0.25) is 0 Å². The van der Waals surface area contributed by atoms with Gasteiger partial charge in [-0.05, 0) is 52.2 Å². The van der Waals surface area contributed by atoms with Gasteiger partial charge in [0.25, 0.3) is 5.91 Å². The summed E-state index contributed by atoms with van der Waals surface area (Å²) in [4.78, 5) is 12.8. The van der Waals surface area contributed by atoms with Crippen molar-refractivity contribution in [2.45, 2.75) is 65.6 Å². The number of rotatable bonds is 7. The number of carbonyl (C=O) groups is 1. The van der Waals surface area contributed by atoms with E-state index in [9.17, 15) is 4.79 Å². The number of methoxy groups -OCH3 is 2. The maximum atomic E-state index is 12.8. The summed E-state index contributed by atoms with van der Waals surface area (Å²) in [5.74, 6) is 1.43. The molecule has 174 valence electrons. The molecule has 1 aliphatic rings. The van der Waals surface area contributed by atoms with Crippen LogP contribution in [0.25, 0.3) is 11.3 Å². The van der Waals surface area contributed by atoms with Crippen LogP contribution in [0.1, 0.15) is 70.4 Å². The van der Waals surface area contributed by atoms with Gasteiger partial charge in [0, 0.05) is 12.6 Å². The minimum Gasteiger partial charge on any atom is -0.496 e. The van der Waals surface area contributed by atoms with Crippen molar-refractivity contribution >= 4 is 18.5 Å². The lowest BCUT2D eigenvalue weighted by molar-refractivity contribution is 0.00578. The van der Waals surface area contributed by atoms with E-state index in [1.165, 1.54) is 0 Å². The topological polar surface area (TPSA) is 92.1 Å². The zero-order valence-corrected chi connectivity index (χ0v) is 20.4. The molecule has 1 amide bonds. The second-order valence-corrected chi connectivity index (χ2v) is 9.17. The molecule has 32 heavy (non-hydrogen) atoms. The molecule has 1 N–H and O–H groups in total. The van der Waals surface area contributed by atoms with Crippen molar-refractivity contribution in [3.05, 3.63) is 23.4 Å². The summed E-state index contributed by atoms with van der Waals surface area (Å²) in [6.45, 7) is 14.3. The highest BCUT2D eigenvalue weighted by atomic mass is 16.7. The first-order valence-corrected chi connectivity index (χ1v) is 10.9. The smallest absolute Gasteiger partial charge is 0.496 e. The highest BCUT2D eigenvalue weighted by Gasteiger charge is 2.54. The van der Waals surface area contributed by atoms with Crippen molar-refractivity contribution in [3.63, 3.8) is 0 Å². The molecular weight excluding hydrogens is 411 g/mol. The van der Waals surface area contributed by atoms with E-state index in [0.717, 1.165) is 5.56 Å². The van der Waals surface area contributed by atoms with E-state index in [1.54, 1.807) is 14.2 Å². The Morgan fingerprint density at radius 1 is 1.09 bits per heavy atom. The molecule has 0 aliphatic carbocycles. The molecule has 8 nitrogen and oxygen atoms in total. The van der Waals surface area contributed by atoms with Gasteiger partial charge in [-0.15, -0.1) is 0 Å². The molecule has 0 spiro atoms.